The minimum absolute atomic E-state index is 0.00164. The first kappa shape index (κ1) is 23.0. The van der Waals surface area contributed by atoms with Gasteiger partial charge in [-0.15, -0.1) is 0 Å². The van der Waals surface area contributed by atoms with Gasteiger partial charge in [-0.1, -0.05) is 0 Å². The Bertz CT molecular complexity index is 1100. The third-order valence-electron chi connectivity index (χ3n) is 5.74. The number of ether oxygens (including phenoxy) is 3. The lowest BCUT2D eigenvalue weighted by Crippen LogP contribution is -2.28. The minimum atomic E-state index is -0.486. The van der Waals surface area contributed by atoms with E-state index in [1.165, 1.54) is 18.5 Å². The number of nitrogens with zero attached hydrogens (tertiary/aromatic N) is 3. The predicted octanol–water partition coefficient (Wildman–Crippen LogP) is 4.03. The molecule has 0 spiro atoms. The summed E-state index contributed by atoms with van der Waals surface area (Å²) in [6.45, 7) is 6.73. The van der Waals surface area contributed by atoms with E-state index < -0.39 is 5.82 Å². The zero-order valence-corrected chi connectivity index (χ0v) is 18.9. The molecule has 0 aliphatic carbocycles. The maximum absolute atomic E-state index is 14.4. The van der Waals surface area contributed by atoms with Crippen LogP contribution in [0.2, 0.25) is 0 Å². The molecule has 176 valence electrons. The number of phenolic OH excluding ortho intramolecular Hbond substituents is 1. The Kier molecular flexibility index (Phi) is 7.41. The number of phenols is 1. The van der Waals surface area contributed by atoms with Gasteiger partial charge in [0, 0.05) is 43.3 Å². The first-order valence-corrected chi connectivity index (χ1v) is 11.1. The van der Waals surface area contributed by atoms with Gasteiger partial charge in [0.2, 0.25) is 0 Å². The highest BCUT2D eigenvalue weighted by atomic mass is 19.1. The van der Waals surface area contributed by atoms with E-state index in [0.717, 1.165) is 45.7 Å². The molecule has 0 amide bonds. The smallest absolute Gasteiger partial charge is 0.163 e. The fourth-order valence-electron chi connectivity index (χ4n) is 3.87. The second kappa shape index (κ2) is 10.6. The van der Waals surface area contributed by atoms with Crippen molar-refractivity contribution < 1.29 is 23.7 Å². The van der Waals surface area contributed by atoms with E-state index in [-0.39, 0.29) is 11.4 Å². The average Bonchev–Trinajstić information content (AvgIpc) is 3.10. The molecule has 33 heavy (non-hydrogen) atoms. The number of fused-ring (bicyclic) bond motifs is 1. The number of nitrogens with one attached hydrogen (secondary N) is 1. The fraction of sp³-hybridized carbons (Fsp3) is 0.417. The molecule has 0 atom stereocenters. The number of benzene rings is 2. The summed E-state index contributed by atoms with van der Waals surface area (Å²) in [5, 5.41) is 13.6. The van der Waals surface area contributed by atoms with Gasteiger partial charge in [0.1, 0.15) is 23.7 Å². The average molecular weight is 457 g/mol. The molecule has 0 unspecified atom stereocenters. The summed E-state index contributed by atoms with van der Waals surface area (Å²) < 4.78 is 31.4. The zero-order chi connectivity index (χ0) is 23.2. The Balaban J connectivity index is 1.50. The lowest BCUT2D eigenvalue weighted by molar-refractivity contribution is 0.140. The van der Waals surface area contributed by atoms with Crippen LogP contribution in [0.1, 0.15) is 18.4 Å². The topological polar surface area (TPSA) is 89.0 Å². The van der Waals surface area contributed by atoms with Gasteiger partial charge in [-0.25, -0.2) is 14.4 Å². The molecule has 1 saturated heterocycles. The Morgan fingerprint density at radius 2 is 2.06 bits per heavy atom. The molecule has 2 aromatic carbocycles. The van der Waals surface area contributed by atoms with Crippen molar-refractivity contribution in [1.82, 2.24) is 14.9 Å². The first-order valence-electron chi connectivity index (χ1n) is 11.1. The van der Waals surface area contributed by atoms with Crippen molar-refractivity contribution in [3.8, 4) is 17.2 Å². The van der Waals surface area contributed by atoms with E-state index in [9.17, 15) is 9.50 Å². The largest absolute Gasteiger partial charge is 0.508 e. The molecule has 3 aromatic rings. The van der Waals surface area contributed by atoms with Gasteiger partial charge in [-0.2, -0.15) is 0 Å². The van der Waals surface area contributed by atoms with Crippen LogP contribution in [0.3, 0.4) is 0 Å². The Morgan fingerprint density at radius 3 is 2.91 bits per heavy atom. The van der Waals surface area contributed by atoms with E-state index in [1.54, 1.807) is 26.2 Å². The standard InChI is InChI=1S/C24H29FN4O4/c1-16-20(30)6-5-18(25)23(16)28-24-17-13-21(31-2)22(14-19(17)26-15-27-24)33-11-4-8-29-7-3-10-32-12-9-29/h5-6,13-15,30H,3-4,7-12H2,1-2H3,(H,26,27,28). The molecule has 2 heterocycles. The predicted molar refractivity (Wildman–Crippen MR) is 124 cm³/mol. The molecule has 8 nitrogen and oxygen atoms in total. The third kappa shape index (κ3) is 5.43. The molecule has 0 saturated carbocycles. The summed E-state index contributed by atoms with van der Waals surface area (Å²) >= 11 is 0. The lowest BCUT2D eigenvalue weighted by Gasteiger charge is -2.19. The van der Waals surface area contributed by atoms with Gasteiger partial charge in [0.25, 0.3) is 0 Å². The number of hydrogen-bond acceptors (Lipinski definition) is 8. The van der Waals surface area contributed by atoms with Crippen LogP contribution in [0.15, 0.2) is 30.6 Å². The lowest BCUT2D eigenvalue weighted by atomic mass is 10.1. The quantitative estimate of drug-likeness (QED) is 0.491. The molecule has 1 aromatic heterocycles. The summed E-state index contributed by atoms with van der Waals surface area (Å²) in [6.07, 6.45) is 3.34. The van der Waals surface area contributed by atoms with Gasteiger partial charge >= 0.3 is 0 Å². The summed E-state index contributed by atoms with van der Waals surface area (Å²) in [5.74, 6) is 1.05. The van der Waals surface area contributed by atoms with Crippen molar-refractivity contribution in [3.05, 3.63) is 42.0 Å². The fourth-order valence-corrected chi connectivity index (χ4v) is 3.87. The highest BCUT2D eigenvalue weighted by Crippen LogP contribution is 2.36. The third-order valence-corrected chi connectivity index (χ3v) is 5.74. The number of anilines is 2. The van der Waals surface area contributed by atoms with Crippen LogP contribution in [-0.4, -0.2) is 66.5 Å². The molecule has 1 aliphatic heterocycles. The number of halogens is 1. The van der Waals surface area contributed by atoms with Crippen LogP contribution in [0, 0.1) is 12.7 Å². The molecule has 4 rings (SSSR count). The van der Waals surface area contributed by atoms with Crippen LogP contribution in [0.4, 0.5) is 15.9 Å². The van der Waals surface area contributed by atoms with E-state index >= 15 is 0 Å². The van der Waals surface area contributed by atoms with Gasteiger partial charge in [0.05, 0.1) is 31.5 Å². The Morgan fingerprint density at radius 1 is 1.18 bits per heavy atom. The van der Waals surface area contributed by atoms with Gasteiger partial charge in [0.15, 0.2) is 11.5 Å². The highest BCUT2D eigenvalue weighted by molar-refractivity contribution is 5.93. The molecular weight excluding hydrogens is 427 g/mol. The molecule has 2 N–H and O–H groups in total. The second-order valence-corrected chi connectivity index (χ2v) is 7.94. The van der Waals surface area contributed by atoms with E-state index in [0.29, 0.717) is 40.4 Å². The van der Waals surface area contributed by atoms with Crippen LogP contribution in [-0.2, 0) is 4.74 Å². The first-order chi connectivity index (χ1) is 16.1. The van der Waals surface area contributed by atoms with Crippen molar-refractivity contribution in [2.45, 2.75) is 19.8 Å². The van der Waals surface area contributed by atoms with Crippen molar-refractivity contribution in [1.29, 1.82) is 0 Å². The van der Waals surface area contributed by atoms with Crippen LogP contribution in [0.25, 0.3) is 10.9 Å². The second-order valence-electron chi connectivity index (χ2n) is 7.94. The van der Waals surface area contributed by atoms with Crippen LogP contribution in [0.5, 0.6) is 17.2 Å². The Hall–Kier alpha value is -3.17. The number of rotatable bonds is 8. The maximum atomic E-state index is 14.4. The molecule has 0 radical (unpaired) electrons. The Labute approximate surface area is 192 Å². The number of aromatic nitrogens is 2. The normalized spacial score (nSPS) is 14.8. The summed E-state index contributed by atoms with van der Waals surface area (Å²) in [5.41, 5.74) is 1.18. The number of methoxy groups -OCH3 is 1. The number of aromatic hydroxyl groups is 1. The van der Waals surface area contributed by atoms with E-state index in [4.69, 9.17) is 14.2 Å². The molecular formula is C24H29FN4O4. The van der Waals surface area contributed by atoms with Gasteiger partial charge in [-0.05, 0) is 38.0 Å². The molecule has 1 aliphatic rings. The summed E-state index contributed by atoms with van der Waals surface area (Å²) in [6, 6.07) is 6.10. The summed E-state index contributed by atoms with van der Waals surface area (Å²) in [7, 11) is 1.57. The minimum Gasteiger partial charge on any atom is -0.508 e. The zero-order valence-electron chi connectivity index (χ0n) is 18.9. The van der Waals surface area contributed by atoms with Crippen LogP contribution >= 0.6 is 0 Å². The van der Waals surface area contributed by atoms with Crippen molar-refractivity contribution >= 4 is 22.4 Å². The number of hydrogen-bond donors (Lipinski definition) is 2. The van der Waals surface area contributed by atoms with Gasteiger partial charge in [-0.3, -0.25) is 0 Å². The van der Waals surface area contributed by atoms with Crippen molar-refractivity contribution in [3.63, 3.8) is 0 Å². The van der Waals surface area contributed by atoms with Gasteiger partial charge < -0.3 is 29.5 Å². The highest BCUT2D eigenvalue weighted by Gasteiger charge is 2.16. The molecule has 0 bridgehead atoms. The van der Waals surface area contributed by atoms with Crippen molar-refractivity contribution in [2.75, 3.05) is 51.9 Å². The maximum Gasteiger partial charge on any atom is 0.163 e. The van der Waals surface area contributed by atoms with E-state index in [1.807, 2.05) is 0 Å². The molecule has 1 fully saturated rings. The molecule has 9 heteroatoms. The SMILES string of the molecule is COc1cc2c(Nc3c(F)ccc(O)c3C)ncnc2cc1OCCCN1CCCOCC1. The van der Waals surface area contributed by atoms with Crippen molar-refractivity contribution in [2.24, 2.45) is 0 Å². The van der Waals surface area contributed by atoms with E-state index in [2.05, 4.69) is 20.2 Å². The monoisotopic (exact) mass is 456 g/mol. The van der Waals surface area contributed by atoms with Crippen LogP contribution < -0.4 is 14.8 Å². The summed E-state index contributed by atoms with van der Waals surface area (Å²) in [4.78, 5) is 11.0.